The molecule has 3 atom stereocenters. The number of Topliss-reactive ketones (excluding diaryl/α,β-unsaturated/α-hetero) is 2. The summed E-state index contributed by atoms with van der Waals surface area (Å²) in [7, 11) is 0. The van der Waals surface area contributed by atoms with E-state index >= 15 is 0 Å². The van der Waals surface area contributed by atoms with Crippen molar-refractivity contribution in [2.24, 2.45) is 16.7 Å². The second-order valence-electron chi connectivity index (χ2n) is 4.87. The van der Waals surface area contributed by atoms with Gasteiger partial charge in [0.25, 0.3) is 0 Å². The average Bonchev–Trinajstić information content (AvgIpc) is 2.44. The summed E-state index contributed by atoms with van der Waals surface area (Å²) in [5.41, 5.74) is -0.972. The molecule has 2 saturated carbocycles. The number of carbonyl (C=O) groups is 2. The van der Waals surface area contributed by atoms with Gasteiger partial charge in [-0.05, 0) is 12.8 Å². The van der Waals surface area contributed by atoms with Crippen LogP contribution in [-0.2, 0) is 9.59 Å². The lowest BCUT2D eigenvalue weighted by Gasteiger charge is -2.33. The molecule has 0 radical (unpaired) electrons. The molecule has 2 bridgehead atoms. The molecule has 0 heterocycles. The fraction of sp³-hybridized carbons (Fsp3) is 0.727. The monoisotopic (exact) mass is 191 g/mol. The van der Waals surface area contributed by atoms with Crippen LogP contribution in [0.3, 0.4) is 0 Å². The topological polar surface area (TPSA) is 57.9 Å². The molecule has 0 spiro atoms. The zero-order valence-electron chi connectivity index (χ0n) is 8.46. The number of fused-ring (bicyclic) bond motifs is 2. The summed E-state index contributed by atoms with van der Waals surface area (Å²) in [5, 5.41) is 8.77. The van der Waals surface area contributed by atoms with Crippen LogP contribution in [0.4, 0.5) is 0 Å². The fourth-order valence-electron chi connectivity index (χ4n) is 3.13. The van der Waals surface area contributed by atoms with Crippen LogP contribution in [0.2, 0.25) is 0 Å². The maximum absolute atomic E-state index is 11.7. The van der Waals surface area contributed by atoms with E-state index < -0.39 is 10.8 Å². The number of ketones is 2. The minimum absolute atomic E-state index is 0.195. The molecule has 0 aromatic carbocycles. The predicted molar refractivity (Wildman–Crippen MR) is 49.2 cm³/mol. The third-order valence-electron chi connectivity index (χ3n) is 4.45. The van der Waals surface area contributed by atoms with Crippen molar-refractivity contribution in [3.63, 3.8) is 0 Å². The Bertz CT molecular complexity index is 368. The van der Waals surface area contributed by atoms with Crippen molar-refractivity contribution in [1.82, 2.24) is 0 Å². The van der Waals surface area contributed by atoms with Gasteiger partial charge in [0.05, 0.1) is 6.07 Å². The van der Waals surface area contributed by atoms with Gasteiger partial charge < -0.3 is 0 Å². The van der Waals surface area contributed by atoms with E-state index in [4.69, 9.17) is 5.26 Å². The Kier molecular flexibility index (Phi) is 1.64. The van der Waals surface area contributed by atoms with Crippen molar-refractivity contribution in [1.29, 1.82) is 5.26 Å². The highest BCUT2D eigenvalue weighted by atomic mass is 16.2. The summed E-state index contributed by atoms with van der Waals surface area (Å²) in [4.78, 5) is 23.3. The maximum Gasteiger partial charge on any atom is 0.205 e. The normalized spacial score (nSPS) is 45.6. The molecule has 2 fully saturated rings. The van der Waals surface area contributed by atoms with Crippen molar-refractivity contribution in [2.45, 2.75) is 33.1 Å². The molecule has 74 valence electrons. The molecule has 0 aromatic heterocycles. The van der Waals surface area contributed by atoms with E-state index in [0.717, 1.165) is 12.8 Å². The fourth-order valence-corrected chi connectivity index (χ4v) is 3.13. The first-order chi connectivity index (χ1) is 6.47. The van der Waals surface area contributed by atoms with Crippen molar-refractivity contribution in [2.75, 3.05) is 0 Å². The van der Waals surface area contributed by atoms with Crippen LogP contribution in [0, 0.1) is 28.1 Å². The molecule has 0 N–H and O–H groups in total. The van der Waals surface area contributed by atoms with Gasteiger partial charge in [-0.25, -0.2) is 0 Å². The largest absolute Gasteiger partial charge is 0.291 e. The number of rotatable bonds is 1. The lowest BCUT2D eigenvalue weighted by Crippen LogP contribution is -2.35. The van der Waals surface area contributed by atoms with E-state index in [1.54, 1.807) is 0 Å². The van der Waals surface area contributed by atoms with Crippen molar-refractivity contribution in [3.05, 3.63) is 0 Å². The Labute approximate surface area is 83.1 Å². The van der Waals surface area contributed by atoms with Crippen molar-refractivity contribution < 1.29 is 9.59 Å². The second-order valence-corrected chi connectivity index (χ2v) is 4.87. The molecule has 0 aliphatic heterocycles. The molecule has 14 heavy (non-hydrogen) atoms. The molecular formula is C11H13NO2. The Morgan fingerprint density at radius 3 is 2.57 bits per heavy atom. The summed E-state index contributed by atoms with van der Waals surface area (Å²) in [6, 6.07) is 2.11. The van der Waals surface area contributed by atoms with Gasteiger partial charge in [-0.1, -0.05) is 13.8 Å². The summed E-state index contributed by atoms with van der Waals surface area (Å²) >= 11 is 0. The highest BCUT2D eigenvalue weighted by Gasteiger charge is 2.68. The first-order valence-corrected chi connectivity index (χ1v) is 4.93. The molecular weight excluding hydrogens is 178 g/mol. The van der Waals surface area contributed by atoms with Crippen molar-refractivity contribution in [3.8, 4) is 6.07 Å². The van der Waals surface area contributed by atoms with Crippen LogP contribution in [0.5, 0.6) is 0 Å². The first kappa shape index (κ1) is 9.39. The Hall–Kier alpha value is -1.17. The smallest absolute Gasteiger partial charge is 0.205 e. The lowest BCUT2D eigenvalue weighted by atomic mass is 9.67. The minimum atomic E-state index is -0.565. The van der Waals surface area contributed by atoms with Crippen LogP contribution in [0.1, 0.15) is 33.1 Å². The number of carbonyl (C=O) groups excluding carboxylic acids is 2. The molecule has 2 rings (SSSR count). The molecule has 2 aliphatic carbocycles. The summed E-state index contributed by atoms with van der Waals surface area (Å²) < 4.78 is 0. The van der Waals surface area contributed by atoms with Gasteiger partial charge in [0, 0.05) is 23.2 Å². The first-order valence-electron chi connectivity index (χ1n) is 4.93. The van der Waals surface area contributed by atoms with Gasteiger partial charge >= 0.3 is 0 Å². The van der Waals surface area contributed by atoms with Gasteiger partial charge in [-0.2, -0.15) is 5.26 Å². The molecule has 0 saturated heterocycles. The highest BCUT2D eigenvalue weighted by Crippen LogP contribution is 2.63. The molecule has 3 heteroatoms. The molecule has 3 unspecified atom stereocenters. The van der Waals surface area contributed by atoms with Gasteiger partial charge in [-0.15, -0.1) is 0 Å². The van der Waals surface area contributed by atoms with E-state index in [1.165, 1.54) is 0 Å². The van der Waals surface area contributed by atoms with E-state index in [1.807, 2.05) is 13.8 Å². The minimum Gasteiger partial charge on any atom is -0.291 e. The Balaban J connectivity index is 2.52. The van der Waals surface area contributed by atoms with Crippen LogP contribution >= 0.6 is 0 Å². The van der Waals surface area contributed by atoms with Crippen LogP contribution in [-0.4, -0.2) is 11.6 Å². The molecule has 3 nitrogen and oxygen atoms in total. The van der Waals surface area contributed by atoms with Crippen molar-refractivity contribution >= 4 is 11.6 Å². The maximum atomic E-state index is 11.7. The van der Waals surface area contributed by atoms with E-state index in [9.17, 15) is 9.59 Å². The number of hydrogen-bond acceptors (Lipinski definition) is 3. The number of nitrogens with zero attached hydrogens (tertiary/aromatic N) is 1. The zero-order valence-corrected chi connectivity index (χ0v) is 8.46. The van der Waals surface area contributed by atoms with Crippen LogP contribution < -0.4 is 0 Å². The second kappa shape index (κ2) is 2.44. The van der Waals surface area contributed by atoms with Crippen LogP contribution in [0.25, 0.3) is 0 Å². The van der Waals surface area contributed by atoms with E-state index in [-0.39, 0.29) is 17.5 Å². The quantitative estimate of drug-likeness (QED) is 0.590. The van der Waals surface area contributed by atoms with E-state index in [2.05, 4.69) is 6.07 Å². The summed E-state index contributed by atoms with van der Waals surface area (Å²) in [6.07, 6.45) is 1.85. The third kappa shape index (κ3) is 0.731. The number of hydrogen-bond donors (Lipinski definition) is 0. The van der Waals surface area contributed by atoms with Gasteiger partial charge in [-0.3, -0.25) is 9.59 Å². The molecule has 0 amide bonds. The summed E-state index contributed by atoms with van der Waals surface area (Å²) in [6.45, 7) is 3.76. The van der Waals surface area contributed by atoms with Gasteiger partial charge in [0.1, 0.15) is 0 Å². The van der Waals surface area contributed by atoms with Gasteiger partial charge in [0.15, 0.2) is 0 Å². The molecule has 0 aromatic rings. The van der Waals surface area contributed by atoms with E-state index in [0.29, 0.717) is 6.42 Å². The Morgan fingerprint density at radius 1 is 1.50 bits per heavy atom. The van der Waals surface area contributed by atoms with Gasteiger partial charge in [0.2, 0.25) is 11.6 Å². The lowest BCUT2D eigenvalue weighted by molar-refractivity contribution is -0.141. The SMILES string of the molecule is CC12CCC(C(=O)C1=O)C2(C)CC#N. The average molecular weight is 191 g/mol. The highest BCUT2D eigenvalue weighted by molar-refractivity contribution is 6.43. The Morgan fingerprint density at radius 2 is 2.14 bits per heavy atom. The number of nitriles is 1. The zero-order chi connectivity index (χ0) is 10.6. The standard InChI is InChI=1S/C11H13NO2/c1-10(5-6-12)7-3-4-11(10,2)9(14)8(7)13/h7H,3-5H2,1-2H3. The predicted octanol–water partition coefficient (Wildman–Crippen LogP) is 1.47. The van der Waals surface area contributed by atoms with Crippen LogP contribution in [0.15, 0.2) is 0 Å². The third-order valence-corrected chi connectivity index (χ3v) is 4.45. The molecule has 2 aliphatic rings. The summed E-state index contributed by atoms with van der Waals surface area (Å²) in [5.74, 6) is -0.678.